The Labute approximate surface area is 198 Å². The van der Waals surface area contributed by atoms with Gasteiger partial charge in [-0.05, 0) is 48.7 Å². The summed E-state index contributed by atoms with van der Waals surface area (Å²) in [5.74, 6) is 1.22. The number of hydrogen-bond donors (Lipinski definition) is 0. The molecule has 0 bridgehead atoms. The summed E-state index contributed by atoms with van der Waals surface area (Å²) in [6.45, 7) is 2.22. The van der Waals surface area contributed by atoms with Gasteiger partial charge in [0.2, 0.25) is 0 Å². The zero-order chi connectivity index (χ0) is 20.2. The number of benzene rings is 2. The van der Waals surface area contributed by atoms with E-state index in [9.17, 15) is 13.0 Å². The average Bonchev–Trinajstić information content (AvgIpc) is 2.67. The summed E-state index contributed by atoms with van der Waals surface area (Å²) in [5.41, 5.74) is 0.548. The third-order valence-electron chi connectivity index (χ3n) is 4.83. The molecule has 0 atom stereocenters. The quantitative estimate of drug-likeness (QED) is 0.279. The summed E-state index contributed by atoms with van der Waals surface area (Å²) in [5, 5.41) is 0. The van der Waals surface area contributed by atoms with E-state index in [1.807, 2.05) is 30.3 Å². The molecule has 0 unspecified atom stereocenters. The van der Waals surface area contributed by atoms with E-state index in [2.05, 4.69) is 6.92 Å². The Morgan fingerprint density at radius 1 is 0.793 bits per heavy atom. The maximum atomic E-state index is 11.6. The molecule has 2 rings (SSSR count). The van der Waals surface area contributed by atoms with Gasteiger partial charge in [-0.15, -0.1) is 0 Å². The van der Waals surface area contributed by atoms with Crippen molar-refractivity contribution in [3.63, 3.8) is 0 Å². The SMILES string of the molecule is CCCCCCCCCCCc1cc(Oc2ccccc2)ccc1S(=O)(=O)[O-].[Na+]. The molecule has 0 saturated heterocycles. The number of unbranched alkanes of at least 4 members (excludes halogenated alkanes) is 8. The van der Waals surface area contributed by atoms with Crippen LogP contribution in [0, 0.1) is 0 Å². The van der Waals surface area contributed by atoms with Gasteiger partial charge < -0.3 is 9.29 Å². The van der Waals surface area contributed by atoms with Crippen LogP contribution in [0.3, 0.4) is 0 Å². The molecular formula is C23H31NaO4S. The van der Waals surface area contributed by atoms with Crippen molar-refractivity contribution < 1.29 is 47.3 Å². The third kappa shape index (κ3) is 10.1. The fourth-order valence-electron chi connectivity index (χ4n) is 3.31. The monoisotopic (exact) mass is 426 g/mol. The van der Waals surface area contributed by atoms with Gasteiger partial charge in [-0.1, -0.05) is 76.5 Å². The Morgan fingerprint density at radius 3 is 1.97 bits per heavy atom. The number of ether oxygens (including phenoxy) is 1. The Balaban J connectivity index is 0.00000420. The smallest absolute Gasteiger partial charge is 0.744 e. The van der Waals surface area contributed by atoms with Crippen LogP contribution in [0.4, 0.5) is 0 Å². The summed E-state index contributed by atoms with van der Waals surface area (Å²) < 4.78 is 40.5. The molecule has 0 fully saturated rings. The number of hydrogen-bond acceptors (Lipinski definition) is 4. The van der Waals surface area contributed by atoms with Gasteiger partial charge in [-0.2, -0.15) is 0 Å². The van der Waals surface area contributed by atoms with E-state index in [1.54, 1.807) is 6.07 Å². The van der Waals surface area contributed by atoms with E-state index < -0.39 is 10.1 Å². The molecule has 0 heterocycles. The van der Waals surface area contributed by atoms with Crippen molar-refractivity contribution in [1.82, 2.24) is 0 Å². The van der Waals surface area contributed by atoms with Crippen molar-refractivity contribution in [1.29, 1.82) is 0 Å². The van der Waals surface area contributed by atoms with Crippen LogP contribution >= 0.6 is 0 Å². The van der Waals surface area contributed by atoms with Gasteiger partial charge in [0.25, 0.3) is 0 Å². The Bertz CT molecular complexity index is 807. The second-order valence-corrected chi connectivity index (χ2v) is 8.57. The fraction of sp³-hybridized carbons (Fsp3) is 0.478. The van der Waals surface area contributed by atoms with Crippen LogP contribution in [0.25, 0.3) is 0 Å². The molecule has 0 aliphatic carbocycles. The van der Waals surface area contributed by atoms with Gasteiger partial charge in [0.05, 0.1) is 4.90 Å². The van der Waals surface area contributed by atoms with E-state index in [1.165, 1.54) is 50.7 Å². The van der Waals surface area contributed by atoms with Crippen molar-refractivity contribution >= 4 is 10.1 Å². The fourth-order valence-corrected chi connectivity index (χ4v) is 4.03. The first-order valence-corrected chi connectivity index (χ1v) is 11.7. The molecule has 0 aliphatic rings. The molecule has 6 heteroatoms. The van der Waals surface area contributed by atoms with Crippen LogP contribution in [-0.4, -0.2) is 13.0 Å². The molecule has 0 aromatic heterocycles. The van der Waals surface area contributed by atoms with Gasteiger partial charge in [0.1, 0.15) is 21.6 Å². The molecule has 2 aromatic carbocycles. The van der Waals surface area contributed by atoms with Crippen molar-refractivity contribution in [2.45, 2.75) is 76.0 Å². The topological polar surface area (TPSA) is 66.4 Å². The van der Waals surface area contributed by atoms with E-state index in [-0.39, 0.29) is 34.5 Å². The third-order valence-corrected chi connectivity index (χ3v) is 5.77. The molecule has 4 nitrogen and oxygen atoms in total. The van der Waals surface area contributed by atoms with Crippen LogP contribution < -0.4 is 34.3 Å². The number of aryl methyl sites for hydroxylation is 1. The van der Waals surface area contributed by atoms with E-state index in [0.29, 0.717) is 23.5 Å². The molecular weight excluding hydrogens is 395 g/mol. The van der Waals surface area contributed by atoms with E-state index >= 15 is 0 Å². The zero-order valence-electron chi connectivity index (χ0n) is 17.7. The number of rotatable bonds is 13. The van der Waals surface area contributed by atoms with Crippen molar-refractivity contribution in [2.24, 2.45) is 0 Å². The van der Waals surface area contributed by atoms with E-state index in [4.69, 9.17) is 4.74 Å². The van der Waals surface area contributed by atoms with Crippen molar-refractivity contribution in [2.75, 3.05) is 0 Å². The first kappa shape index (κ1) is 26.2. The normalized spacial score (nSPS) is 11.1. The maximum Gasteiger partial charge on any atom is 1.00 e. The van der Waals surface area contributed by atoms with Crippen LogP contribution in [0.2, 0.25) is 0 Å². The Morgan fingerprint density at radius 2 is 1.38 bits per heavy atom. The summed E-state index contributed by atoms with van der Waals surface area (Å²) >= 11 is 0. The van der Waals surface area contributed by atoms with Crippen LogP contribution in [0.5, 0.6) is 11.5 Å². The van der Waals surface area contributed by atoms with Crippen LogP contribution in [0.1, 0.15) is 70.3 Å². The molecule has 29 heavy (non-hydrogen) atoms. The second-order valence-electron chi connectivity index (χ2n) is 7.22. The first-order valence-electron chi connectivity index (χ1n) is 10.3. The van der Waals surface area contributed by atoms with Gasteiger partial charge in [0, 0.05) is 0 Å². The standard InChI is InChI=1S/C23H32O4S.Na/c1-2-3-4-5-6-7-8-9-11-14-20-19-22(17-18-23(20)28(24,25)26)27-21-15-12-10-13-16-21;/h10,12-13,15-19H,2-9,11,14H2,1H3,(H,24,25,26);/q;+1/p-1. The largest absolute Gasteiger partial charge is 1.00 e. The molecule has 0 N–H and O–H groups in total. The summed E-state index contributed by atoms with van der Waals surface area (Å²) in [6, 6.07) is 13.9. The maximum absolute atomic E-state index is 11.6. The minimum Gasteiger partial charge on any atom is -0.744 e. The average molecular weight is 427 g/mol. The van der Waals surface area contributed by atoms with E-state index in [0.717, 1.165) is 19.3 Å². The molecule has 0 saturated carbocycles. The minimum atomic E-state index is -4.49. The molecule has 2 aromatic rings. The molecule has 154 valence electrons. The molecule has 0 aliphatic heterocycles. The van der Waals surface area contributed by atoms with Gasteiger partial charge >= 0.3 is 29.6 Å². The first-order chi connectivity index (χ1) is 13.5. The zero-order valence-corrected chi connectivity index (χ0v) is 20.5. The summed E-state index contributed by atoms with van der Waals surface area (Å²) in [4.78, 5) is -0.132. The Hall–Kier alpha value is -0.850. The van der Waals surface area contributed by atoms with Gasteiger partial charge in [-0.3, -0.25) is 0 Å². The van der Waals surface area contributed by atoms with Crippen molar-refractivity contribution in [3.05, 3.63) is 54.1 Å². The predicted octanol–water partition coefficient (Wildman–Crippen LogP) is 3.46. The second kappa shape index (κ2) is 14.2. The summed E-state index contributed by atoms with van der Waals surface area (Å²) in [6.07, 6.45) is 11.3. The van der Waals surface area contributed by atoms with Gasteiger partial charge in [0.15, 0.2) is 0 Å². The van der Waals surface area contributed by atoms with Crippen molar-refractivity contribution in [3.8, 4) is 11.5 Å². The number of para-hydroxylation sites is 1. The predicted molar refractivity (Wildman–Crippen MR) is 112 cm³/mol. The molecule has 0 spiro atoms. The molecule has 0 amide bonds. The van der Waals surface area contributed by atoms with Crippen LogP contribution in [-0.2, 0) is 16.5 Å². The molecule has 0 radical (unpaired) electrons. The van der Waals surface area contributed by atoms with Crippen LogP contribution in [0.15, 0.2) is 53.4 Å². The van der Waals surface area contributed by atoms with Gasteiger partial charge in [-0.25, -0.2) is 8.42 Å². The Kier molecular flexibility index (Phi) is 12.8. The summed E-state index contributed by atoms with van der Waals surface area (Å²) in [7, 11) is -4.49. The minimum absolute atomic E-state index is 0.